The van der Waals surface area contributed by atoms with E-state index in [0.29, 0.717) is 0 Å². The van der Waals surface area contributed by atoms with E-state index in [1.165, 1.54) is 0 Å². The molecule has 0 aliphatic carbocycles. The maximum absolute atomic E-state index is 11.3. The lowest BCUT2D eigenvalue weighted by molar-refractivity contribution is -0.0567. The third-order valence-electron chi connectivity index (χ3n) is 4.38. The van der Waals surface area contributed by atoms with E-state index in [9.17, 15) is 5.11 Å². The molecule has 3 rings (SSSR count). The second kappa shape index (κ2) is 4.50. The summed E-state index contributed by atoms with van der Waals surface area (Å²) >= 11 is 1.83. The highest BCUT2D eigenvalue weighted by Crippen LogP contribution is 2.49. The first kappa shape index (κ1) is 12.9. The van der Waals surface area contributed by atoms with Gasteiger partial charge >= 0.3 is 0 Å². The van der Waals surface area contributed by atoms with Crippen LogP contribution in [0, 0.1) is 5.41 Å². The molecule has 1 aromatic carbocycles. The Morgan fingerprint density at radius 1 is 1.21 bits per heavy atom. The molecule has 3 heteroatoms. The monoisotopic (exact) mass is 273 g/mol. The molecule has 19 heavy (non-hydrogen) atoms. The van der Waals surface area contributed by atoms with Crippen molar-refractivity contribution in [2.75, 3.05) is 11.5 Å². The number of nitrogens with zero attached hydrogens (tertiary/aromatic N) is 1. The fourth-order valence-corrected chi connectivity index (χ4v) is 4.47. The normalized spacial score (nSPS) is 26.5. The van der Waals surface area contributed by atoms with Crippen molar-refractivity contribution < 1.29 is 5.11 Å². The van der Waals surface area contributed by atoms with E-state index >= 15 is 0 Å². The van der Waals surface area contributed by atoms with Gasteiger partial charge in [0.05, 0.1) is 5.52 Å². The summed E-state index contributed by atoms with van der Waals surface area (Å²) in [5, 5.41) is 12.4. The van der Waals surface area contributed by atoms with E-state index in [0.717, 1.165) is 34.4 Å². The predicted octanol–water partition coefficient (Wildman–Crippen LogP) is 3.59. The average Bonchev–Trinajstić information content (AvgIpc) is 2.41. The van der Waals surface area contributed by atoms with Gasteiger partial charge in [0.25, 0.3) is 0 Å². The molecule has 0 bridgehead atoms. The van der Waals surface area contributed by atoms with Gasteiger partial charge in [-0.25, -0.2) is 0 Å². The fourth-order valence-electron chi connectivity index (χ4n) is 2.83. The van der Waals surface area contributed by atoms with Gasteiger partial charge in [-0.1, -0.05) is 38.1 Å². The number of hydrogen-bond acceptors (Lipinski definition) is 3. The van der Waals surface area contributed by atoms with E-state index < -0.39 is 5.60 Å². The molecule has 1 aliphatic rings. The molecule has 1 N–H and O–H groups in total. The van der Waals surface area contributed by atoms with Crippen LogP contribution in [0.4, 0.5) is 0 Å². The standard InChI is InChI=1S/C16H19NOS/c1-15(2)8-10-19-11-16(15,18)13-7-3-5-12-6-4-9-17-14(12)13/h3-7,9,18H,8,10-11H2,1-2H3. The van der Waals surface area contributed by atoms with Crippen molar-refractivity contribution in [3.63, 3.8) is 0 Å². The molecule has 1 aliphatic heterocycles. The summed E-state index contributed by atoms with van der Waals surface area (Å²) in [6.45, 7) is 4.32. The summed E-state index contributed by atoms with van der Waals surface area (Å²) in [5.41, 5.74) is 0.985. The van der Waals surface area contributed by atoms with Crippen molar-refractivity contribution in [3.05, 3.63) is 42.1 Å². The summed E-state index contributed by atoms with van der Waals surface area (Å²) < 4.78 is 0. The molecule has 0 spiro atoms. The van der Waals surface area contributed by atoms with E-state index in [2.05, 4.69) is 31.0 Å². The molecule has 2 aromatic rings. The SMILES string of the molecule is CC1(C)CCSCC1(O)c1cccc2cccnc12. The zero-order valence-electron chi connectivity index (χ0n) is 11.4. The fraction of sp³-hybridized carbons (Fsp3) is 0.438. The van der Waals surface area contributed by atoms with Gasteiger partial charge in [0.2, 0.25) is 0 Å². The summed E-state index contributed by atoms with van der Waals surface area (Å²) in [6.07, 6.45) is 2.83. The number of aromatic nitrogens is 1. The van der Waals surface area contributed by atoms with Crippen LogP contribution in [0.1, 0.15) is 25.8 Å². The Morgan fingerprint density at radius 2 is 2.00 bits per heavy atom. The van der Waals surface area contributed by atoms with Crippen LogP contribution in [-0.4, -0.2) is 21.6 Å². The highest BCUT2D eigenvalue weighted by atomic mass is 32.2. The van der Waals surface area contributed by atoms with Crippen molar-refractivity contribution >= 4 is 22.7 Å². The number of rotatable bonds is 1. The minimum Gasteiger partial charge on any atom is -0.384 e. The summed E-state index contributed by atoms with van der Waals surface area (Å²) in [4.78, 5) is 4.50. The quantitative estimate of drug-likeness (QED) is 0.862. The Balaban J connectivity index is 2.23. The van der Waals surface area contributed by atoms with Gasteiger partial charge < -0.3 is 5.11 Å². The van der Waals surface area contributed by atoms with Gasteiger partial charge in [0, 0.05) is 22.9 Å². The molecular weight excluding hydrogens is 254 g/mol. The third-order valence-corrected chi connectivity index (χ3v) is 5.49. The summed E-state index contributed by atoms with van der Waals surface area (Å²) in [7, 11) is 0. The van der Waals surface area contributed by atoms with Crippen molar-refractivity contribution in [2.45, 2.75) is 25.9 Å². The number of para-hydroxylation sites is 1. The largest absolute Gasteiger partial charge is 0.384 e. The first-order valence-electron chi connectivity index (χ1n) is 6.69. The molecule has 1 saturated heterocycles. The Labute approximate surface area is 118 Å². The maximum Gasteiger partial charge on any atom is 0.106 e. The second-order valence-electron chi connectivity index (χ2n) is 5.93. The number of fused-ring (bicyclic) bond motifs is 1. The number of thioether (sulfide) groups is 1. The van der Waals surface area contributed by atoms with Crippen LogP contribution in [0.5, 0.6) is 0 Å². The molecule has 2 heterocycles. The Hall–Kier alpha value is -1.06. The highest BCUT2D eigenvalue weighted by Gasteiger charge is 2.47. The summed E-state index contributed by atoms with van der Waals surface area (Å²) in [6, 6.07) is 10.1. The van der Waals surface area contributed by atoms with Crippen LogP contribution >= 0.6 is 11.8 Å². The lowest BCUT2D eigenvalue weighted by Gasteiger charge is -2.46. The highest BCUT2D eigenvalue weighted by molar-refractivity contribution is 7.99. The van der Waals surface area contributed by atoms with Gasteiger partial charge in [0.15, 0.2) is 0 Å². The Kier molecular flexibility index (Phi) is 3.06. The van der Waals surface area contributed by atoms with Crippen LogP contribution in [-0.2, 0) is 5.60 Å². The first-order chi connectivity index (χ1) is 9.05. The molecule has 1 atom stereocenters. The van der Waals surface area contributed by atoms with Crippen LogP contribution in [0.2, 0.25) is 0 Å². The Morgan fingerprint density at radius 3 is 2.79 bits per heavy atom. The molecule has 2 nitrogen and oxygen atoms in total. The molecule has 0 radical (unpaired) electrons. The van der Waals surface area contributed by atoms with Crippen molar-refractivity contribution in [1.29, 1.82) is 0 Å². The van der Waals surface area contributed by atoms with E-state index in [1.54, 1.807) is 6.20 Å². The lowest BCUT2D eigenvalue weighted by Crippen LogP contribution is -2.47. The van der Waals surface area contributed by atoms with E-state index in [4.69, 9.17) is 0 Å². The van der Waals surface area contributed by atoms with E-state index in [1.807, 2.05) is 30.0 Å². The zero-order valence-corrected chi connectivity index (χ0v) is 12.2. The molecule has 1 aromatic heterocycles. The third kappa shape index (κ3) is 1.96. The van der Waals surface area contributed by atoms with Gasteiger partial charge in [-0.15, -0.1) is 0 Å². The molecule has 0 amide bonds. The number of pyridine rings is 1. The van der Waals surface area contributed by atoms with Gasteiger partial charge in [-0.2, -0.15) is 11.8 Å². The van der Waals surface area contributed by atoms with Gasteiger partial charge in [0.1, 0.15) is 5.60 Å². The minimum absolute atomic E-state index is 0.121. The number of benzene rings is 1. The van der Waals surface area contributed by atoms with E-state index in [-0.39, 0.29) is 5.41 Å². The van der Waals surface area contributed by atoms with Crippen molar-refractivity contribution in [1.82, 2.24) is 4.98 Å². The van der Waals surface area contributed by atoms with Crippen LogP contribution in [0.15, 0.2) is 36.5 Å². The molecule has 1 unspecified atom stereocenters. The maximum atomic E-state index is 11.3. The van der Waals surface area contributed by atoms with Gasteiger partial charge in [-0.3, -0.25) is 4.98 Å². The minimum atomic E-state index is -0.802. The molecule has 100 valence electrons. The second-order valence-corrected chi connectivity index (χ2v) is 7.03. The Bertz CT molecular complexity index is 605. The predicted molar refractivity (Wildman–Crippen MR) is 81.4 cm³/mol. The van der Waals surface area contributed by atoms with Crippen LogP contribution < -0.4 is 0 Å². The summed E-state index contributed by atoms with van der Waals surface area (Å²) in [5.74, 6) is 1.86. The van der Waals surface area contributed by atoms with Crippen molar-refractivity contribution in [2.24, 2.45) is 5.41 Å². The topological polar surface area (TPSA) is 33.1 Å². The average molecular weight is 273 g/mol. The van der Waals surface area contributed by atoms with Gasteiger partial charge in [-0.05, 0) is 23.7 Å². The number of hydrogen-bond donors (Lipinski definition) is 1. The smallest absolute Gasteiger partial charge is 0.106 e. The lowest BCUT2D eigenvalue weighted by atomic mass is 9.69. The molecule has 0 saturated carbocycles. The molecular formula is C16H19NOS. The van der Waals surface area contributed by atoms with Crippen LogP contribution in [0.25, 0.3) is 10.9 Å². The zero-order chi connectivity index (χ0) is 13.5. The first-order valence-corrected chi connectivity index (χ1v) is 7.84. The van der Waals surface area contributed by atoms with Crippen LogP contribution in [0.3, 0.4) is 0 Å². The molecule has 1 fully saturated rings. The number of aliphatic hydroxyl groups is 1. The van der Waals surface area contributed by atoms with Crippen molar-refractivity contribution in [3.8, 4) is 0 Å².